The van der Waals surface area contributed by atoms with Crippen molar-refractivity contribution >= 4 is 11.6 Å². The second kappa shape index (κ2) is 7.63. The minimum atomic E-state index is -0.413. The molecule has 2 atom stereocenters. The summed E-state index contributed by atoms with van der Waals surface area (Å²) in [6, 6.07) is 5.86. The lowest BCUT2D eigenvalue weighted by molar-refractivity contribution is -0.125. The van der Waals surface area contributed by atoms with Crippen molar-refractivity contribution in [1.82, 2.24) is 0 Å². The largest absolute Gasteiger partial charge is 0.479 e. The van der Waals surface area contributed by atoms with E-state index >= 15 is 0 Å². The lowest BCUT2D eigenvalue weighted by Crippen LogP contribution is -2.45. The highest BCUT2D eigenvalue weighted by Crippen LogP contribution is 2.36. The highest BCUT2D eigenvalue weighted by Gasteiger charge is 2.31. The Morgan fingerprint density at radius 2 is 2.00 bits per heavy atom. The first kappa shape index (κ1) is 16.8. The number of rotatable bonds is 7. The molecular formula is C18H28N2O2. The van der Waals surface area contributed by atoms with E-state index in [1.165, 1.54) is 19.3 Å². The third kappa shape index (κ3) is 3.80. The van der Waals surface area contributed by atoms with Gasteiger partial charge in [-0.2, -0.15) is 0 Å². The first-order chi connectivity index (χ1) is 10.5. The van der Waals surface area contributed by atoms with Gasteiger partial charge >= 0.3 is 0 Å². The molecule has 4 heteroatoms. The number of ether oxygens (including phenoxy) is 1. The summed E-state index contributed by atoms with van der Waals surface area (Å²) in [5.74, 6) is 0.829. The number of benzene rings is 1. The number of nitrogens with two attached hydrogens (primary N) is 1. The van der Waals surface area contributed by atoms with Gasteiger partial charge in [0.25, 0.3) is 5.91 Å². The van der Waals surface area contributed by atoms with Crippen LogP contribution in [0.3, 0.4) is 0 Å². The molecular weight excluding hydrogens is 276 g/mol. The fraction of sp³-hybridized carbons (Fsp3) is 0.611. The normalized spacial score (nSPS) is 18.8. The van der Waals surface area contributed by atoms with E-state index in [1.807, 2.05) is 36.9 Å². The predicted octanol–water partition coefficient (Wildman–Crippen LogP) is 3.79. The molecule has 0 fully saturated rings. The Bertz CT molecular complexity index is 514. The van der Waals surface area contributed by atoms with Crippen LogP contribution in [0.25, 0.3) is 0 Å². The van der Waals surface area contributed by atoms with Crippen LogP contribution in [0, 0.1) is 0 Å². The lowest BCUT2D eigenvalue weighted by Gasteiger charge is -2.33. The lowest BCUT2D eigenvalue weighted by atomic mass is 10.0. The smallest absolute Gasteiger partial charge is 0.267 e. The highest BCUT2D eigenvalue weighted by molar-refractivity contribution is 5.99. The summed E-state index contributed by atoms with van der Waals surface area (Å²) in [7, 11) is 0. The van der Waals surface area contributed by atoms with Crippen LogP contribution in [0.2, 0.25) is 0 Å². The maximum Gasteiger partial charge on any atom is 0.267 e. The van der Waals surface area contributed by atoms with Crippen molar-refractivity contribution in [3.05, 3.63) is 23.8 Å². The number of hydrogen-bond acceptors (Lipinski definition) is 3. The van der Waals surface area contributed by atoms with Gasteiger partial charge in [0.15, 0.2) is 6.10 Å². The third-order valence-corrected chi connectivity index (χ3v) is 4.20. The van der Waals surface area contributed by atoms with Crippen LogP contribution in [-0.2, 0) is 4.79 Å². The van der Waals surface area contributed by atoms with Crippen LogP contribution in [0.4, 0.5) is 5.69 Å². The van der Waals surface area contributed by atoms with Crippen LogP contribution < -0.4 is 15.4 Å². The highest BCUT2D eigenvalue weighted by atomic mass is 16.5. The second-order valence-corrected chi connectivity index (χ2v) is 6.18. The van der Waals surface area contributed by atoms with Crippen LogP contribution in [0.1, 0.15) is 64.5 Å². The molecule has 1 aliphatic rings. The number of nitrogens with zero attached hydrogens (tertiary/aromatic N) is 1. The Morgan fingerprint density at radius 3 is 2.68 bits per heavy atom. The number of fused-ring (bicyclic) bond motifs is 1. The summed E-state index contributed by atoms with van der Waals surface area (Å²) in [5, 5.41) is 0. The predicted molar refractivity (Wildman–Crippen MR) is 90.2 cm³/mol. The standard InChI is InChI=1S/C18H28N2O2/c1-4-5-6-7-8-11-20-16-12-15(13(2)19)9-10-17(16)22-14(3)18(20)21/h9-10,12-14H,4-8,11,19H2,1-3H3. The molecule has 122 valence electrons. The van der Waals surface area contributed by atoms with E-state index in [4.69, 9.17) is 10.5 Å². The fourth-order valence-electron chi connectivity index (χ4n) is 2.81. The zero-order chi connectivity index (χ0) is 16.1. The van der Waals surface area contributed by atoms with Crippen molar-refractivity contribution in [2.45, 2.75) is 65.0 Å². The van der Waals surface area contributed by atoms with E-state index in [2.05, 4.69) is 6.92 Å². The SMILES string of the molecule is CCCCCCCN1C(=O)C(C)Oc2ccc(C(C)N)cc21. The quantitative estimate of drug-likeness (QED) is 0.780. The Hall–Kier alpha value is -1.55. The molecule has 1 amide bonds. The molecule has 1 aliphatic heterocycles. The van der Waals surface area contributed by atoms with E-state index in [9.17, 15) is 4.79 Å². The van der Waals surface area contributed by atoms with Crippen molar-refractivity contribution in [3.63, 3.8) is 0 Å². The fourth-order valence-corrected chi connectivity index (χ4v) is 2.81. The van der Waals surface area contributed by atoms with Gasteiger partial charge in [-0.15, -0.1) is 0 Å². The number of anilines is 1. The molecule has 4 nitrogen and oxygen atoms in total. The summed E-state index contributed by atoms with van der Waals surface area (Å²) in [6.45, 7) is 6.73. The number of carbonyl (C=O) groups excluding carboxylic acids is 1. The van der Waals surface area contributed by atoms with Crippen molar-refractivity contribution in [1.29, 1.82) is 0 Å². The number of hydrogen-bond donors (Lipinski definition) is 1. The maximum absolute atomic E-state index is 12.5. The number of unbranched alkanes of at least 4 members (excludes halogenated alkanes) is 4. The molecule has 22 heavy (non-hydrogen) atoms. The molecule has 1 aromatic rings. The Kier molecular flexibility index (Phi) is 5.83. The first-order valence-electron chi connectivity index (χ1n) is 8.42. The van der Waals surface area contributed by atoms with Gasteiger partial charge in [-0.05, 0) is 38.0 Å². The minimum Gasteiger partial charge on any atom is -0.479 e. The molecule has 0 saturated carbocycles. The van der Waals surface area contributed by atoms with Gasteiger partial charge < -0.3 is 15.4 Å². The second-order valence-electron chi connectivity index (χ2n) is 6.18. The topological polar surface area (TPSA) is 55.6 Å². The Balaban J connectivity index is 2.14. The molecule has 0 saturated heterocycles. The average molecular weight is 304 g/mol. The average Bonchev–Trinajstić information content (AvgIpc) is 2.50. The van der Waals surface area contributed by atoms with Gasteiger partial charge in [0.1, 0.15) is 5.75 Å². The summed E-state index contributed by atoms with van der Waals surface area (Å²) in [6.07, 6.45) is 5.50. The monoisotopic (exact) mass is 304 g/mol. The molecule has 2 unspecified atom stereocenters. The van der Waals surface area contributed by atoms with Gasteiger partial charge in [-0.1, -0.05) is 38.7 Å². The molecule has 0 aromatic heterocycles. The molecule has 2 N–H and O–H groups in total. The van der Waals surface area contributed by atoms with Crippen molar-refractivity contribution in [2.75, 3.05) is 11.4 Å². The van der Waals surface area contributed by atoms with E-state index in [0.29, 0.717) is 0 Å². The third-order valence-electron chi connectivity index (χ3n) is 4.20. The van der Waals surface area contributed by atoms with Gasteiger partial charge in [-0.3, -0.25) is 4.79 Å². The minimum absolute atomic E-state index is 0.0461. The molecule has 1 aromatic carbocycles. The van der Waals surface area contributed by atoms with Crippen molar-refractivity contribution in [2.24, 2.45) is 5.73 Å². The van der Waals surface area contributed by atoms with Gasteiger partial charge in [0, 0.05) is 12.6 Å². The summed E-state index contributed by atoms with van der Waals surface area (Å²) in [5.41, 5.74) is 7.86. The molecule has 0 aliphatic carbocycles. The van der Waals surface area contributed by atoms with Crippen LogP contribution in [-0.4, -0.2) is 18.6 Å². The van der Waals surface area contributed by atoms with Crippen molar-refractivity contribution in [3.8, 4) is 5.75 Å². The summed E-state index contributed by atoms with van der Waals surface area (Å²) in [4.78, 5) is 14.3. The van der Waals surface area contributed by atoms with Crippen LogP contribution >= 0.6 is 0 Å². The summed E-state index contributed by atoms with van der Waals surface area (Å²) >= 11 is 0. The van der Waals surface area contributed by atoms with E-state index in [0.717, 1.165) is 36.4 Å². The Morgan fingerprint density at radius 1 is 1.27 bits per heavy atom. The Labute approximate surface area is 133 Å². The first-order valence-corrected chi connectivity index (χ1v) is 8.42. The van der Waals surface area contributed by atoms with Crippen LogP contribution in [0.5, 0.6) is 5.75 Å². The van der Waals surface area contributed by atoms with Gasteiger partial charge in [-0.25, -0.2) is 0 Å². The van der Waals surface area contributed by atoms with E-state index in [-0.39, 0.29) is 11.9 Å². The zero-order valence-electron chi connectivity index (χ0n) is 14.0. The summed E-state index contributed by atoms with van der Waals surface area (Å²) < 4.78 is 5.72. The number of carbonyl (C=O) groups is 1. The molecule has 0 spiro atoms. The molecule has 0 bridgehead atoms. The molecule has 1 heterocycles. The van der Waals surface area contributed by atoms with E-state index in [1.54, 1.807) is 0 Å². The van der Waals surface area contributed by atoms with Gasteiger partial charge in [0.2, 0.25) is 0 Å². The maximum atomic E-state index is 12.5. The van der Waals surface area contributed by atoms with E-state index < -0.39 is 6.10 Å². The van der Waals surface area contributed by atoms with Crippen LogP contribution in [0.15, 0.2) is 18.2 Å². The molecule has 0 radical (unpaired) electrons. The van der Waals surface area contributed by atoms with Crippen molar-refractivity contribution < 1.29 is 9.53 Å². The zero-order valence-corrected chi connectivity index (χ0v) is 14.0. The molecule has 2 rings (SSSR count). The van der Waals surface area contributed by atoms with Gasteiger partial charge in [0.05, 0.1) is 5.69 Å². The number of amides is 1.